The molecule has 0 unspecified atom stereocenters. The Hall–Kier alpha value is 0.130. The maximum Gasteiger partial charge on any atom is 1.00 e. The number of aryl methyl sites for hydroxylation is 1. The van der Waals surface area contributed by atoms with Gasteiger partial charge in [-0.25, -0.2) is 0 Å². The van der Waals surface area contributed by atoms with Gasteiger partial charge in [-0.2, -0.15) is 8.42 Å². The van der Waals surface area contributed by atoms with E-state index in [4.69, 9.17) is 0 Å². The summed E-state index contributed by atoms with van der Waals surface area (Å²) < 4.78 is 28.4. The maximum atomic E-state index is 11.9. The predicted molar refractivity (Wildman–Crippen MR) is 97.3 cm³/mol. The Bertz CT molecular complexity index is 535. The van der Waals surface area contributed by atoms with Crippen LogP contribution >= 0.6 is 0 Å². The Kier molecular flexibility index (Phi) is 14.4. The van der Waals surface area contributed by atoms with Crippen LogP contribution in [0.4, 0.5) is 0 Å². The third-order valence-corrected chi connectivity index (χ3v) is 5.64. The van der Waals surface area contributed by atoms with Crippen LogP contribution in [0, 0.1) is 0 Å². The van der Waals surface area contributed by atoms with E-state index in [1.807, 2.05) is 12.1 Å². The van der Waals surface area contributed by atoms with E-state index in [1.54, 1.807) is 12.1 Å². The molecule has 0 saturated heterocycles. The minimum atomic E-state index is -3.59. The molecular formula is C19H33NaO3S. The summed E-state index contributed by atoms with van der Waals surface area (Å²) in [6.45, 7) is 2.25. The molecule has 3 nitrogen and oxygen atoms in total. The van der Waals surface area contributed by atoms with Crippen LogP contribution in [-0.4, -0.2) is 15.5 Å². The third-order valence-electron chi connectivity index (χ3n) is 4.26. The molecule has 0 amide bonds. The first-order valence-electron chi connectivity index (χ1n) is 9.00. The van der Waals surface area contributed by atoms with Crippen LogP contribution in [0.1, 0.15) is 78.1 Å². The van der Waals surface area contributed by atoms with E-state index >= 15 is 0 Å². The van der Waals surface area contributed by atoms with Gasteiger partial charge in [-0.1, -0.05) is 82.9 Å². The molecule has 0 aliphatic heterocycles. The molecule has 0 bridgehead atoms. The molecule has 5 heteroatoms. The van der Waals surface area contributed by atoms with E-state index in [9.17, 15) is 8.42 Å². The third kappa shape index (κ3) is 9.57. The molecule has 0 heterocycles. The first kappa shape index (κ1) is 24.1. The van der Waals surface area contributed by atoms with Crippen LogP contribution in [0.3, 0.4) is 0 Å². The minimum Gasteiger partial charge on any atom is -1.00 e. The SMILES string of the molecule is CCCCCCCCCCCCc1ccccc1S(=O)(=O)OC.[H-].[Na+]. The Morgan fingerprint density at radius 2 is 1.38 bits per heavy atom. The minimum absolute atomic E-state index is 0. The van der Waals surface area contributed by atoms with Gasteiger partial charge in [0.2, 0.25) is 0 Å². The summed E-state index contributed by atoms with van der Waals surface area (Å²) in [4.78, 5) is 0.318. The van der Waals surface area contributed by atoms with E-state index in [0.717, 1.165) is 24.8 Å². The predicted octanol–water partition coefficient (Wildman–Crippen LogP) is 2.60. The van der Waals surface area contributed by atoms with Crippen molar-refractivity contribution in [1.29, 1.82) is 0 Å². The average molecular weight is 365 g/mol. The van der Waals surface area contributed by atoms with Crippen LogP contribution in [-0.2, 0) is 20.7 Å². The second kappa shape index (κ2) is 14.3. The van der Waals surface area contributed by atoms with Crippen LogP contribution in [0.15, 0.2) is 29.2 Å². The van der Waals surface area contributed by atoms with Gasteiger partial charge in [-0.05, 0) is 24.5 Å². The summed E-state index contributed by atoms with van der Waals surface area (Å²) >= 11 is 0. The first-order chi connectivity index (χ1) is 11.1. The van der Waals surface area contributed by atoms with E-state index in [2.05, 4.69) is 11.1 Å². The van der Waals surface area contributed by atoms with Crippen LogP contribution in [0.2, 0.25) is 0 Å². The zero-order valence-electron chi connectivity index (χ0n) is 16.7. The van der Waals surface area contributed by atoms with Gasteiger partial charge in [-0.15, -0.1) is 0 Å². The quantitative estimate of drug-likeness (QED) is 0.307. The number of benzene rings is 1. The van der Waals surface area contributed by atoms with E-state index in [0.29, 0.717) is 4.90 Å². The van der Waals surface area contributed by atoms with Gasteiger partial charge in [0.1, 0.15) is 0 Å². The molecule has 0 aromatic heterocycles. The summed E-state index contributed by atoms with van der Waals surface area (Å²) in [5.74, 6) is 0. The van der Waals surface area contributed by atoms with Gasteiger partial charge >= 0.3 is 29.6 Å². The number of rotatable bonds is 13. The van der Waals surface area contributed by atoms with Crippen molar-refractivity contribution in [3.05, 3.63) is 29.8 Å². The summed E-state index contributed by atoms with van der Waals surface area (Å²) in [5.41, 5.74) is 0.869. The summed E-state index contributed by atoms with van der Waals surface area (Å²) in [6, 6.07) is 7.15. The van der Waals surface area contributed by atoms with Crippen molar-refractivity contribution in [1.82, 2.24) is 0 Å². The van der Waals surface area contributed by atoms with Crippen LogP contribution < -0.4 is 29.6 Å². The number of unbranched alkanes of at least 4 members (excludes halogenated alkanes) is 9. The second-order valence-electron chi connectivity index (χ2n) is 6.16. The fourth-order valence-corrected chi connectivity index (χ4v) is 3.76. The molecule has 0 fully saturated rings. The normalized spacial score (nSPS) is 11.2. The van der Waals surface area contributed by atoms with Gasteiger partial charge in [0.15, 0.2) is 0 Å². The van der Waals surface area contributed by atoms with Crippen molar-refractivity contribution in [2.45, 2.75) is 82.4 Å². The fourth-order valence-electron chi connectivity index (χ4n) is 2.85. The molecule has 0 N–H and O–H groups in total. The molecular weight excluding hydrogens is 331 g/mol. The second-order valence-corrected chi connectivity index (χ2v) is 7.84. The molecule has 0 spiro atoms. The standard InChI is InChI=1S/C19H32O3S.Na.H/c1-3-4-5-6-7-8-9-10-11-12-15-18-16-13-14-17-19(18)23(20,21)22-2;;/h13-14,16-17H,3-12,15H2,1-2H3;;/q;+1;-1. The molecule has 0 aliphatic rings. The van der Waals surface area contributed by atoms with Gasteiger partial charge in [-0.3, -0.25) is 4.18 Å². The number of hydrogen-bond donors (Lipinski definition) is 0. The average Bonchev–Trinajstić information content (AvgIpc) is 2.57. The molecule has 0 saturated carbocycles. The van der Waals surface area contributed by atoms with Crippen molar-refractivity contribution in [3.8, 4) is 0 Å². The van der Waals surface area contributed by atoms with Crippen molar-refractivity contribution < 1.29 is 43.6 Å². The summed E-state index contributed by atoms with van der Waals surface area (Å²) in [7, 11) is -2.38. The van der Waals surface area contributed by atoms with Crippen LogP contribution in [0.25, 0.3) is 0 Å². The van der Waals surface area contributed by atoms with E-state index in [-0.39, 0.29) is 31.0 Å². The van der Waals surface area contributed by atoms with Gasteiger partial charge < -0.3 is 1.43 Å². The monoisotopic (exact) mass is 364 g/mol. The largest absolute Gasteiger partial charge is 1.00 e. The van der Waals surface area contributed by atoms with Gasteiger partial charge in [0, 0.05) is 0 Å². The molecule has 0 aliphatic carbocycles. The molecule has 1 rings (SSSR count). The molecule has 134 valence electrons. The van der Waals surface area contributed by atoms with Crippen molar-refractivity contribution in [3.63, 3.8) is 0 Å². The van der Waals surface area contributed by atoms with Gasteiger partial charge in [0.25, 0.3) is 10.1 Å². The Labute approximate surface area is 172 Å². The van der Waals surface area contributed by atoms with Crippen molar-refractivity contribution >= 4 is 10.1 Å². The Morgan fingerprint density at radius 3 is 1.92 bits per heavy atom. The first-order valence-corrected chi connectivity index (χ1v) is 10.4. The van der Waals surface area contributed by atoms with Crippen LogP contribution in [0.5, 0.6) is 0 Å². The summed E-state index contributed by atoms with van der Waals surface area (Å²) in [5, 5.41) is 0. The summed E-state index contributed by atoms with van der Waals surface area (Å²) in [6.07, 6.45) is 13.6. The Morgan fingerprint density at radius 1 is 0.875 bits per heavy atom. The number of hydrogen-bond acceptors (Lipinski definition) is 3. The molecule has 1 aromatic carbocycles. The zero-order valence-corrected chi connectivity index (χ0v) is 18.5. The molecule has 0 atom stereocenters. The fraction of sp³-hybridized carbons (Fsp3) is 0.684. The molecule has 1 aromatic rings. The Balaban J connectivity index is 0. The maximum absolute atomic E-state index is 11.9. The van der Waals surface area contributed by atoms with Gasteiger partial charge in [0.05, 0.1) is 12.0 Å². The van der Waals surface area contributed by atoms with E-state index in [1.165, 1.54) is 58.5 Å². The van der Waals surface area contributed by atoms with Crippen molar-refractivity contribution in [2.75, 3.05) is 7.11 Å². The topological polar surface area (TPSA) is 43.4 Å². The smallest absolute Gasteiger partial charge is 1.00 e. The van der Waals surface area contributed by atoms with Crippen molar-refractivity contribution in [2.24, 2.45) is 0 Å². The zero-order chi connectivity index (χ0) is 17.0. The van der Waals surface area contributed by atoms with E-state index < -0.39 is 10.1 Å². The molecule has 0 radical (unpaired) electrons. The molecule has 24 heavy (non-hydrogen) atoms.